The van der Waals surface area contributed by atoms with Gasteiger partial charge >= 0.3 is 6.09 Å². The lowest BCUT2D eigenvalue weighted by Crippen LogP contribution is -2.46. The van der Waals surface area contributed by atoms with Crippen molar-refractivity contribution in [1.29, 1.82) is 0 Å². The number of hydrogen-bond acceptors (Lipinski definition) is 5. The number of hydrogen-bond donors (Lipinski definition) is 2. The van der Waals surface area contributed by atoms with Crippen molar-refractivity contribution in [2.24, 2.45) is 0 Å². The summed E-state index contributed by atoms with van der Waals surface area (Å²) < 4.78 is 9.87. The first kappa shape index (κ1) is 12.1. The predicted molar refractivity (Wildman–Crippen MR) is 58.5 cm³/mol. The number of nitrogens with one attached hydrogen (secondary N) is 2. The Morgan fingerprint density at radius 2 is 2.24 bits per heavy atom. The van der Waals surface area contributed by atoms with Gasteiger partial charge in [-0.3, -0.25) is 9.69 Å². The second kappa shape index (κ2) is 5.83. The molecule has 2 heterocycles. The van der Waals surface area contributed by atoms with Crippen LogP contribution < -0.4 is 10.6 Å². The molecule has 0 aromatic carbocycles. The SMILES string of the molecule is O=C1NC(C(=O)NCCN2CCOCC2)CO1. The Bertz CT molecular complexity index is 291. The fourth-order valence-electron chi connectivity index (χ4n) is 1.81. The first-order valence-electron chi connectivity index (χ1n) is 5.77. The number of morpholine rings is 1. The van der Waals surface area contributed by atoms with Crippen LogP contribution in [0.3, 0.4) is 0 Å². The summed E-state index contributed by atoms with van der Waals surface area (Å²) >= 11 is 0. The molecule has 0 bridgehead atoms. The highest BCUT2D eigenvalue weighted by Gasteiger charge is 2.28. The van der Waals surface area contributed by atoms with Crippen LogP contribution >= 0.6 is 0 Å². The standard InChI is InChI=1S/C10H17N3O4/c14-9(8-7-17-10(15)12-8)11-1-2-13-3-5-16-6-4-13/h8H,1-7H2,(H,11,14)(H,12,15). The van der Waals surface area contributed by atoms with E-state index in [9.17, 15) is 9.59 Å². The molecule has 0 aromatic rings. The molecule has 2 rings (SSSR count). The smallest absolute Gasteiger partial charge is 0.407 e. The molecule has 2 fully saturated rings. The number of alkyl carbamates (subject to hydrolysis) is 1. The second-order valence-electron chi connectivity index (χ2n) is 4.04. The van der Waals surface area contributed by atoms with Gasteiger partial charge in [-0.2, -0.15) is 0 Å². The normalized spacial score (nSPS) is 25.2. The van der Waals surface area contributed by atoms with Crippen LogP contribution in [0.25, 0.3) is 0 Å². The summed E-state index contributed by atoms with van der Waals surface area (Å²) in [5, 5.41) is 5.21. The lowest BCUT2D eigenvalue weighted by atomic mass is 10.3. The molecule has 0 aromatic heterocycles. The minimum absolute atomic E-state index is 0.113. The van der Waals surface area contributed by atoms with Gasteiger partial charge in [0.15, 0.2) is 0 Å². The molecule has 1 unspecified atom stereocenters. The quantitative estimate of drug-likeness (QED) is 0.631. The minimum atomic E-state index is -0.549. The van der Waals surface area contributed by atoms with E-state index in [1.807, 2.05) is 0 Å². The van der Waals surface area contributed by atoms with Gasteiger partial charge in [-0.05, 0) is 0 Å². The molecule has 0 radical (unpaired) electrons. The van der Waals surface area contributed by atoms with Crippen LogP contribution in [0.2, 0.25) is 0 Å². The maximum atomic E-state index is 11.6. The molecule has 2 amide bonds. The van der Waals surface area contributed by atoms with Gasteiger partial charge in [-0.15, -0.1) is 0 Å². The van der Waals surface area contributed by atoms with Gasteiger partial charge < -0.3 is 20.1 Å². The topological polar surface area (TPSA) is 79.9 Å². The van der Waals surface area contributed by atoms with Crippen LogP contribution in [0.5, 0.6) is 0 Å². The molecule has 1 atom stereocenters. The third-order valence-electron chi connectivity index (χ3n) is 2.82. The Labute approximate surface area is 99.4 Å². The Morgan fingerprint density at radius 1 is 1.47 bits per heavy atom. The maximum absolute atomic E-state index is 11.6. The Balaban J connectivity index is 1.61. The van der Waals surface area contributed by atoms with Crippen LogP contribution in [0.1, 0.15) is 0 Å². The van der Waals surface area contributed by atoms with E-state index in [0.717, 1.165) is 32.8 Å². The molecule has 2 N–H and O–H groups in total. The van der Waals surface area contributed by atoms with Crippen molar-refractivity contribution in [2.75, 3.05) is 46.0 Å². The largest absolute Gasteiger partial charge is 0.447 e. The highest BCUT2D eigenvalue weighted by molar-refractivity contribution is 5.87. The number of rotatable bonds is 4. The maximum Gasteiger partial charge on any atom is 0.407 e. The van der Waals surface area contributed by atoms with Gasteiger partial charge in [0.2, 0.25) is 5.91 Å². The van der Waals surface area contributed by atoms with Gasteiger partial charge in [0.05, 0.1) is 13.2 Å². The molecule has 2 aliphatic heterocycles. The molecule has 17 heavy (non-hydrogen) atoms. The van der Waals surface area contributed by atoms with Crippen LogP contribution in [0, 0.1) is 0 Å². The average Bonchev–Trinajstić information content (AvgIpc) is 2.77. The van der Waals surface area contributed by atoms with Crippen LogP contribution in [-0.2, 0) is 14.3 Å². The monoisotopic (exact) mass is 243 g/mol. The molecule has 0 aliphatic carbocycles. The van der Waals surface area contributed by atoms with E-state index in [1.54, 1.807) is 0 Å². The van der Waals surface area contributed by atoms with E-state index >= 15 is 0 Å². The van der Waals surface area contributed by atoms with E-state index in [0.29, 0.717) is 6.54 Å². The number of ether oxygens (including phenoxy) is 2. The fraction of sp³-hybridized carbons (Fsp3) is 0.800. The first-order chi connectivity index (χ1) is 8.25. The third-order valence-corrected chi connectivity index (χ3v) is 2.82. The molecule has 0 spiro atoms. The van der Waals surface area contributed by atoms with Crippen molar-refractivity contribution in [1.82, 2.24) is 15.5 Å². The first-order valence-corrected chi connectivity index (χ1v) is 5.77. The molecule has 96 valence electrons. The number of cyclic esters (lactones) is 1. The molecule has 0 saturated carbocycles. The summed E-state index contributed by atoms with van der Waals surface area (Å²) in [7, 11) is 0. The Morgan fingerprint density at radius 3 is 2.88 bits per heavy atom. The summed E-state index contributed by atoms with van der Waals surface area (Å²) in [6.07, 6.45) is -0.529. The highest BCUT2D eigenvalue weighted by Crippen LogP contribution is 1.98. The van der Waals surface area contributed by atoms with Crippen LogP contribution in [-0.4, -0.2) is 68.9 Å². The van der Waals surface area contributed by atoms with Crippen molar-refractivity contribution in [3.8, 4) is 0 Å². The van der Waals surface area contributed by atoms with E-state index in [4.69, 9.17) is 4.74 Å². The predicted octanol–water partition coefficient (Wildman–Crippen LogP) is -1.46. The number of carbonyl (C=O) groups excluding carboxylic acids is 2. The second-order valence-corrected chi connectivity index (χ2v) is 4.04. The third kappa shape index (κ3) is 3.57. The van der Waals surface area contributed by atoms with Crippen molar-refractivity contribution in [2.45, 2.75) is 6.04 Å². The molecule has 7 nitrogen and oxygen atoms in total. The van der Waals surface area contributed by atoms with Gasteiger partial charge in [0, 0.05) is 26.2 Å². The lowest BCUT2D eigenvalue weighted by Gasteiger charge is -2.26. The van der Waals surface area contributed by atoms with Gasteiger partial charge in [0.25, 0.3) is 0 Å². The van der Waals surface area contributed by atoms with Gasteiger partial charge in [-0.25, -0.2) is 4.79 Å². The molecule has 2 saturated heterocycles. The molecule has 2 aliphatic rings. The van der Waals surface area contributed by atoms with Crippen LogP contribution in [0.15, 0.2) is 0 Å². The average molecular weight is 243 g/mol. The Hall–Kier alpha value is -1.34. The summed E-state index contributed by atoms with van der Waals surface area (Å²) in [6, 6.07) is -0.549. The Kier molecular flexibility index (Phi) is 4.16. The van der Waals surface area contributed by atoms with Crippen molar-refractivity contribution < 1.29 is 19.1 Å². The van der Waals surface area contributed by atoms with E-state index in [1.165, 1.54) is 0 Å². The summed E-state index contributed by atoms with van der Waals surface area (Å²) in [5.41, 5.74) is 0. The molecular formula is C10H17N3O4. The summed E-state index contributed by atoms with van der Waals surface area (Å²) in [4.78, 5) is 24.6. The highest BCUT2D eigenvalue weighted by atomic mass is 16.6. The number of nitrogens with zero attached hydrogens (tertiary/aromatic N) is 1. The van der Waals surface area contributed by atoms with E-state index in [-0.39, 0.29) is 12.5 Å². The van der Waals surface area contributed by atoms with Crippen molar-refractivity contribution >= 4 is 12.0 Å². The van der Waals surface area contributed by atoms with E-state index < -0.39 is 12.1 Å². The summed E-state index contributed by atoms with van der Waals surface area (Å²) in [6.45, 7) is 4.79. The lowest BCUT2D eigenvalue weighted by molar-refractivity contribution is -0.122. The fourth-order valence-corrected chi connectivity index (χ4v) is 1.81. The zero-order valence-corrected chi connectivity index (χ0v) is 9.61. The minimum Gasteiger partial charge on any atom is -0.447 e. The zero-order valence-electron chi connectivity index (χ0n) is 9.61. The molecular weight excluding hydrogens is 226 g/mol. The van der Waals surface area contributed by atoms with Gasteiger partial charge in [0.1, 0.15) is 12.6 Å². The van der Waals surface area contributed by atoms with Crippen LogP contribution in [0.4, 0.5) is 4.79 Å². The van der Waals surface area contributed by atoms with Crippen molar-refractivity contribution in [3.05, 3.63) is 0 Å². The number of carbonyl (C=O) groups is 2. The zero-order chi connectivity index (χ0) is 12.1. The van der Waals surface area contributed by atoms with Gasteiger partial charge in [-0.1, -0.05) is 0 Å². The molecule has 7 heteroatoms. The summed E-state index contributed by atoms with van der Waals surface area (Å²) in [5.74, 6) is -0.191. The number of amides is 2. The van der Waals surface area contributed by atoms with Crippen molar-refractivity contribution in [3.63, 3.8) is 0 Å². The van der Waals surface area contributed by atoms with E-state index in [2.05, 4.69) is 20.3 Å².